The maximum atomic E-state index is 12.4. The summed E-state index contributed by atoms with van der Waals surface area (Å²) in [6.45, 7) is 5.00. The first-order chi connectivity index (χ1) is 11.2. The molecule has 1 aliphatic heterocycles. The molecule has 1 aromatic heterocycles. The van der Waals surface area contributed by atoms with Gasteiger partial charge < -0.3 is 15.0 Å². The fourth-order valence-corrected chi connectivity index (χ4v) is 3.61. The average molecular weight is 318 g/mol. The fraction of sp³-hybridized carbons (Fsp3) is 0.706. The molecule has 2 heterocycles. The molecule has 0 atom stereocenters. The van der Waals surface area contributed by atoms with Crippen molar-refractivity contribution in [3.8, 4) is 0 Å². The van der Waals surface area contributed by atoms with Crippen molar-refractivity contribution in [1.82, 2.24) is 9.97 Å². The first kappa shape index (κ1) is 16.0. The fourth-order valence-electron chi connectivity index (χ4n) is 3.61. The second kappa shape index (κ2) is 7.15. The molecule has 0 bridgehead atoms. The number of esters is 1. The molecule has 0 spiro atoms. The highest BCUT2D eigenvalue weighted by atomic mass is 16.5. The van der Waals surface area contributed by atoms with E-state index in [9.17, 15) is 4.79 Å². The lowest BCUT2D eigenvalue weighted by Crippen LogP contribution is -2.37. The SMILES string of the molecule is CCOC(=O)C1(CNc2cc(N3CCCC3)ncn2)CCCC1. The molecule has 2 fully saturated rings. The summed E-state index contributed by atoms with van der Waals surface area (Å²) in [7, 11) is 0. The van der Waals surface area contributed by atoms with Crippen LogP contribution < -0.4 is 10.2 Å². The molecule has 3 rings (SSSR count). The summed E-state index contributed by atoms with van der Waals surface area (Å²) >= 11 is 0. The van der Waals surface area contributed by atoms with Crippen molar-refractivity contribution < 1.29 is 9.53 Å². The summed E-state index contributed by atoms with van der Waals surface area (Å²) in [6.07, 6.45) is 8.00. The second-order valence-electron chi connectivity index (χ2n) is 6.52. The van der Waals surface area contributed by atoms with Gasteiger partial charge in [0.2, 0.25) is 0 Å². The van der Waals surface area contributed by atoms with E-state index in [0.717, 1.165) is 50.4 Å². The third-order valence-electron chi connectivity index (χ3n) is 4.96. The molecule has 0 aromatic carbocycles. The van der Waals surface area contributed by atoms with Gasteiger partial charge in [-0.1, -0.05) is 12.8 Å². The largest absolute Gasteiger partial charge is 0.466 e. The summed E-state index contributed by atoms with van der Waals surface area (Å²) in [4.78, 5) is 23.3. The number of aromatic nitrogens is 2. The lowest BCUT2D eigenvalue weighted by molar-refractivity contribution is -0.154. The Morgan fingerprint density at radius 1 is 1.26 bits per heavy atom. The van der Waals surface area contributed by atoms with Crippen LogP contribution in [-0.2, 0) is 9.53 Å². The standard InChI is InChI=1S/C17H26N4O2/c1-2-23-16(22)17(7-3-4-8-17)12-18-14-11-15(20-13-19-14)21-9-5-6-10-21/h11,13H,2-10,12H2,1H3,(H,18,19,20). The highest BCUT2D eigenvalue weighted by Gasteiger charge is 2.42. The van der Waals surface area contributed by atoms with Crippen LogP contribution in [0.5, 0.6) is 0 Å². The zero-order valence-electron chi connectivity index (χ0n) is 13.9. The van der Waals surface area contributed by atoms with Crippen molar-refractivity contribution in [3.05, 3.63) is 12.4 Å². The Morgan fingerprint density at radius 2 is 2.00 bits per heavy atom. The lowest BCUT2D eigenvalue weighted by Gasteiger charge is -2.27. The molecule has 6 heteroatoms. The molecular formula is C17H26N4O2. The van der Waals surface area contributed by atoms with Gasteiger partial charge in [0.05, 0.1) is 12.0 Å². The van der Waals surface area contributed by atoms with Crippen LogP contribution in [0.25, 0.3) is 0 Å². The number of carbonyl (C=O) groups is 1. The Bertz CT molecular complexity index is 537. The van der Waals surface area contributed by atoms with Crippen molar-refractivity contribution in [2.75, 3.05) is 36.5 Å². The van der Waals surface area contributed by atoms with Gasteiger partial charge >= 0.3 is 5.97 Å². The molecule has 2 aliphatic rings. The number of ether oxygens (including phenoxy) is 1. The quantitative estimate of drug-likeness (QED) is 0.813. The predicted molar refractivity (Wildman–Crippen MR) is 89.5 cm³/mol. The van der Waals surface area contributed by atoms with Crippen molar-refractivity contribution in [1.29, 1.82) is 0 Å². The number of nitrogens with zero attached hydrogens (tertiary/aromatic N) is 3. The van der Waals surface area contributed by atoms with E-state index in [1.165, 1.54) is 12.8 Å². The van der Waals surface area contributed by atoms with Crippen LogP contribution in [0.1, 0.15) is 45.4 Å². The summed E-state index contributed by atoms with van der Waals surface area (Å²) < 4.78 is 5.30. The molecule has 1 saturated heterocycles. The second-order valence-corrected chi connectivity index (χ2v) is 6.52. The molecule has 6 nitrogen and oxygen atoms in total. The van der Waals surface area contributed by atoms with Gasteiger partial charge in [-0.2, -0.15) is 0 Å². The Balaban J connectivity index is 1.66. The summed E-state index contributed by atoms with van der Waals surface area (Å²) in [6, 6.07) is 1.99. The summed E-state index contributed by atoms with van der Waals surface area (Å²) in [5.41, 5.74) is -0.394. The molecule has 0 radical (unpaired) electrons. The van der Waals surface area contributed by atoms with E-state index in [1.807, 2.05) is 13.0 Å². The van der Waals surface area contributed by atoms with Crippen LogP contribution in [0, 0.1) is 5.41 Å². The molecule has 0 unspecified atom stereocenters. The Morgan fingerprint density at radius 3 is 2.70 bits per heavy atom. The zero-order chi connectivity index (χ0) is 16.1. The van der Waals surface area contributed by atoms with Gasteiger partial charge in [0.25, 0.3) is 0 Å². The zero-order valence-corrected chi connectivity index (χ0v) is 13.9. The predicted octanol–water partition coefficient (Wildman–Crippen LogP) is 2.61. The first-order valence-corrected chi connectivity index (χ1v) is 8.72. The van der Waals surface area contributed by atoms with Gasteiger partial charge in [0.1, 0.15) is 18.0 Å². The van der Waals surface area contributed by atoms with Crippen LogP contribution >= 0.6 is 0 Å². The number of hydrogen-bond acceptors (Lipinski definition) is 6. The first-order valence-electron chi connectivity index (χ1n) is 8.72. The molecule has 1 N–H and O–H groups in total. The van der Waals surface area contributed by atoms with Crippen molar-refractivity contribution >= 4 is 17.6 Å². The third kappa shape index (κ3) is 3.57. The van der Waals surface area contributed by atoms with Crippen LogP contribution in [0.4, 0.5) is 11.6 Å². The monoisotopic (exact) mass is 318 g/mol. The number of anilines is 2. The van der Waals surface area contributed by atoms with Gasteiger partial charge in [0.15, 0.2) is 0 Å². The molecule has 126 valence electrons. The van der Waals surface area contributed by atoms with Crippen LogP contribution in [0.2, 0.25) is 0 Å². The number of rotatable bonds is 6. The minimum absolute atomic E-state index is 0.0705. The van der Waals surface area contributed by atoms with Gasteiger partial charge in [-0.15, -0.1) is 0 Å². The normalized spacial score (nSPS) is 19.8. The van der Waals surface area contributed by atoms with E-state index in [0.29, 0.717) is 13.2 Å². The van der Waals surface area contributed by atoms with Gasteiger partial charge in [-0.25, -0.2) is 9.97 Å². The van der Waals surface area contributed by atoms with Crippen molar-refractivity contribution in [2.24, 2.45) is 5.41 Å². The third-order valence-corrected chi connectivity index (χ3v) is 4.96. The summed E-state index contributed by atoms with van der Waals surface area (Å²) in [5, 5.41) is 3.35. The molecule has 23 heavy (non-hydrogen) atoms. The van der Waals surface area contributed by atoms with E-state index < -0.39 is 5.41 Å². The molecule has 1 aliphatic carbocycles. The van der Waals surface area contributed by atoms with E-state index >= 15 is 0 Å². The Kier molecular flexibility index (Phi) is 4.98. The molecule has 0 amide bonds. The maximum Gasteiger partial charge on any atom is 0.313 e. The molecular weight excluding hydrogens is 292 g/mol. The minimum atomic E-state index is -0.394. The van der Waals surface area contributed by atoms with Crippen molar-refractivity contribution in [2.45, 2.75) is 45.4 Å². The van der Waals surface area contributed by atoms with E-state index in [-0.39, 0.29) is 5.97 Å². The van der Waals surface area contributed by atoms with Gasteiger partial charge in [-0.05, 0) is 32.6 Å². The van der Waals surface area contributed by atoms with Crippen molar-refractivity contribution in [3.63, 3.8) is 0 Å². The van der Waals surface area contributed by atoms with Crippen LogP contribution in [0.15, 0.2) is 12.4 Å². The average Bonchev–Trinajstić information content (AvgIpc) is 3.26. The van der Waals surface area contributed by atoms with Crippen LogP contribution in [-0.4, -0.2) is 42.2 Å². The number of nitrogens with one attached hydrogen (secondary N) is 1. The molecule has 1 saturated carbocycles. The van der Waals surface area contributed by atoms with Gasteiger partial charge in [-0.3, -0.25) is 4.79 Å². The highest BCUT2D eigenvalue weighted by molar-refractivity contribution is 5.78. The topological polar surface area (TPSA) is 67.3 Å². The lowest BCUT2D eigenvalue weighted by atomic mass is 9.86. The Hall–Kier alpha value is -1.85. The minimum Gasteiger partial charge on any atom is -0.466 e. The number of hydrogen-bond donors (Lipinski definition) is 1. The molecule has 1 aromatic rings. The van der Waals surface area contributed by atoms with Crippen LogP contribution in [0.3, 0.4) is 0 Å². The van der Waals surface area contributed by atoms with E-state index in [4.69, 9.17) is 4.74 Å². The number of carbonyl (C=O) groups excluding carboxylic acids is 1. The maximum absolute atomic E-state index is 12.4. The van der Waals surface area contributed by atoms with E-state index in [1.54, 1.807) is 6.33 Å². The smallest absolute Gasteiger partial charge is 0.313 e. The highest BCUT2D eigenvalue weighted by Crippen LogP contribution is 2.39. The van der Waals surface area contributed by atoms with Gasteiger partial charge in [0, 0.05) is 25.7 Å². The van der Waals surface area contributed by atoms with E-state index in [2.05, 4.69) is 20.2 Å². The summed E-state index contributed by atoms with van der Waals surface area (Å²) in [5.74, 6) is 1.69. The Labute approximate surface area is 137 Å².